The summed E-state index contributed by atoms with van der Waals surface area (Å²) in [5.74, 6) is -1.93. The van der Waals surface area contributed by atoms with Gasteiger partial charge >= 0.3 is 260 Å². The van der Waals surface area contributed by atoms with Gasteiger partial charge in [-0.1, -0.05) is 0 Å². The van der Waals surface area contributed by atoms with E-state index in [1.807, 2.05) is 13.8 Å². The zero-order chi connectivity index (χ0) is 42.4. The molecule has 318 valence electrons. The Morgan fingerprint density at radius 3 is 2.38 bits per heavy atom. The van der Waals surface area contributed by atoms with E-state index in [-0.39, 0.29) is 49.6 Å². The Morgan fingerprint density at radius 1 is 1.00 bits per heavy atom. The van der Waals surface area contributed by atoms with E-state index in [1.165, 1.54) is 45.9 Å². The van der Waals surface area contributed by atoms with Crippen LogP contribution in [0.1, 0.15) is 83.5 Å². The van der Waals surface area contributed by atoms with Crippen LogP contribution in [0.25, 0.3) is 0 Å². The van der Waals surface area contributed by atoms with E-state index in [0.29, 0.717) is 38.7 Å². The van der Waals surface area contributed by atoms with E-state index < -0.39 is 70.9 Å². The molecule has 1 aromatic rings. The Kier molecular flexibility index (Phi) is 18.8. The molecule has 3 aliphatic rings. The Hall–Kier alpha value is -3.20. The van der Waals surface area contributed by atoms with E-state index in [1.54, 1.807) is 20.8 Å². The molecular formula is C37H55B2N3O14P2. The minimum absolute atomic E-state index is 0.0469. The summed E-state index contributed by atoms with van der Waals surface area (Å²) in [6.45, 7) is 9.57. The van der Waals surface area contributed by atoms with Crippen LogP contribution in [0, 0.1) is 21.4 Å². The zero-order valence-corrected chi connectivity index (χ0v) is 36.3. The second kappa shape index (κ2) is 23.0. The van der Waals surface area contributed by atoms with Gasteiger partial charge in [0.2, 0.25) is 0 Å². The predicted molar refractivity (Wildman–Crippen MR) is 218 cm³/mol. The van der Waals surface area contributed by atoms with Crippen LogP contribution in [0.4, 0.5) is 5.69 Å². The van der Waals surface area contributed by atoms with Crippen LogP contribution in [0.3, 0.4) is 0 Å². The van der Waals surface area contributed by atoms with E-state index in [2.05, 4.69) is 28.1 Å². The number of carbonyl (C=O) groups excluding carboxylic acids is 3. The van der Waals surface area contributed by atoms with E-state index in [9.17, 15) is 24.5 Å². The molecule has 58 heavy (non-hydrogen) atoms. The number of nitro groups is 1. The predicted octanol–water partition coefficient (Wildman–Crippen LogP) is 5.08. The maximum atomic E-state index is 13.7. The average Bonchev–Trinajstić information content (AvgIpc) is 3.18. The molecule has 2 fully saturated rings. The van der Waals surface area contributed by atoms with Crippen molar-refractivity contribution in [2.24, 2.45) is 20.7 Å². The molecule has 0 aromatic heterocycles. The third-order valence-corrected chi connectivity index (χ3v) is 10.5. The molecule has 0 spiro atoms. The number of carbonyl (C=O) groups is 3. The van der Waals surface area contributed by atoms with Gasteiger partial charge in [0.15, 0.2) is 0 Å². The van der Waals surface area contributed by atoms with Crippen LogP contribution >= 0.6 is 18.8 Å². The number of hydrogen-bond acceptors (Lipinski definition) is 16. The standard InChI is InChI=1S/C37H55B2N3O14P2/c1-21-16-25(8-7-14-49-36(45)37(3,4)5)52-28(26(21)19-50-32(43)20-48-6)17-30-34(55-35(44)23-9-11-24(12-10-23)42(46)47)22(2)33-31(53-30)18-29(56-39-41-58)27(54-33)13-15-51-38-40-57/h9-12,22,25,27-31,33-34H,7-8,13-20,57-58H2,1-6H3/t22-,25-,27+,28?,29+,30-,31-,33-,34+/m0/s1. The summed E-state index contributed by atoms with van der Waals surface area (Å²) in [7, 11) is 8.50. The molecule has 0 saturated carbocycles. The van der Waals surface area contributed by atoms with Crippen LogP contribution in [-0.4, -0.2) is 120 Å². The topological polar surface area (TPSA) is 202 Å². The van der Waals surface area contributed by atoms with Gasteiger partial charge in [-0.15, -0.1) is 0 Å². The summed E-state index contributed by atoms with van der Waals surface area (Å²) in [4.78, 5) is 49.3. The Morgan fingerprint density at radius 2 is 1.72 bits per heavy atom. The molecule has 3 heterocycles. The molecule has 3 unspecified atom stereocenters. The number of esters is 3. The van der Waals surface area contributed by atoms with Crippen molar-refractivity contribution in [3.8, 4) is 0 Å². The molecule has 2 saturated heterocycles. The summed E-state index contributed by atoms with van der Waals surface area (Å²) < 4.78 is 61.7. The van der Waals surface area contributed by atoms with Gasteiger partial charge in [-0.25, -0.2) is 4.79 Å². The van der Waals surface area contributed by atoms with Crippen LogP contribution in [0.15, 0.2) is 44.7 Å². The summed E-state index contributed by atoms with van der Waals surface area (Å²) in [6.07, 6.45) is -1.58. The first-order valence-corrected chi connectivity index (χ1v) is 20.3. The third kappa shape index (κ3) is 13.7. The van der Waals surface area contributed by atoms with Gasteiger partial charge in [0, 0.05) is 7.11 Å². The fourth-order valence-corrected chi connectivity index (χ4v) is 7.46. The van der Waals surface area contributed by atoms with Gasteiger partial charge in [-0.05, 0) is 20.8 Å². The SMILES string of the molecule is COCC(=O)OCC1=C(C)C[C@H](CCCOC(=O)C(C)(C)C)OC1C[C@@H]1O[C@H]2C[C@@H](OB=NP)[C@@H](CCOB=NP)O[C@H]2[C@H](C)[C@H]1OC(=O)c1ccc([N+](=O)[O-])cc1. The summed E-state index contributed by atoms with van der Waals surface area (Å²) in [5.41, 5.74) is 1.07. The molecule has 4 rings (SSSR count). The number of methoxy groups -OCH3 is 1. The van der Waals surface area contributed by atoms with Crippen LogP contribution in [-0.2, 0) is 52.1 Å². The first kappa shape index (κ1) is 47.5. The van der Waals surface area contributed by atoms with Gasteiger partial charge in [0.05, 0.1) is 16.9 Å². The van der Waals surface area contributed by atoms with Crippen molar-refractivity contribution >= 4 is 56.9 Å². The zero-order valence-electron chi connectivity index (χ0n) is 33.9. The van der Waals surface area contributed by atoms with Crippen LogP contribution in [0.5, 0.6) is 0 Å². The molecule has 11 atom stereocenters. The van der Waals surface area contributed by atoms with Gasteiger partial charge in [-0.2, -0.15) is 0 Å². The summed E-state index contributed by atoms with van der Waals surface area (Å²) >= 11 is 0. The number of nitrogens with zero attached hydrogens (tertiary/aromatic N) is 3. The molecule has 0 amide bonds. The van der Waals surface area contributed by atoms with Crippen molar-refractivity contribution in [2.75, 3.05) is 33.5 Å². The molecule has 3 aliphatic heterocycles. The molecule has 21 heteroatoms. The minimum atomic E-state index is -0.866. The van der Waals surface area contributed by atoms with Gasteiger partial charge in [0.1, 0.15) is 6.61 Å². The quantitative estimate of drug-likeness (QED) is 0.0261. The Balaban J connectivity index is 1.63. The number of non-ortho nitro benzene ring substituents is 1. The number of nitro benzene ring substituents is 1. The van der Waals surface area contributed by atoms with Crippen LogP contribution < -0.4 is 0 Å². The van der Waals surface area contributed by atoms with Crippen molar-refractivity contribution in [3.63, 3.8) is 0 Å². The second-order valence-electron chi connectivity index (χ2n) is 15.6. The number of hydrogen-bond donors (Lipinski definition) is 0. The van der Waals surface area contributed by atoms with Gasteiger partial charge in [-0.3, -0.25) is 14.9 Å². The summed E-state index contributed by atoms with van der Waals surface area (Å²) in [5, 5.41) is 11.3. The van der Waals surface area contributed by atoms with Gasteiger partial charge in [0.25, 0.3) is 5.69 Å². The normalized spacial score (nSPS) is 27.3. The average molecular weight is 849 g/mol. The Labute approximate surface area is 345 Å². The number of fused-ring (bicyclic) bond motifs is 1. The van der Waals surface area contributed by atoms with Gasteiger partial charge < -0.3 is 9.47 Å². The van der Waals surface area contributed by atoms with E-state index in [0.717, 1.165) is 11.1 Å². The fourth-order valence-electron chi connectivity index (χ4n) is 7.30. The van der Waals surface area contributed by atoms with Crippen molar-refractivity contribution in [1.29, 1.82) is 0 Å². The molecular weight excluding hydrogens is 794 g/mol. The fraction of sp³-hybridized carbons (Fsp3) is 0.703. The monoisotopic (exact) mass is 849 g/mol. The number of ether oxygens (including phenoxy) is 7. The molecule has 17 nitrogen and oxygen atoms in total. The first-order chi connectivity index (χ1) is 27.7. The van der Waals surface area contributed by atoms with E-state index >= 15 is 0 Å². The first-order valence-electron chi connectivity index (χ1n) is 19.3. The second-order valence-corrected chi connectivity index (χ2v) is 16.2. The molecule has 0 N–H and O–H groups in total. The molecule has 0 bridgehead atoms. The van der Waals surface area contributed by atoms with Crippen molar-refractivity contribution in [3.05, 3.63) is 51.1 Å². The Bertz CT molecular complexity index is 1650. The van der Waals surface area contributed by atoms with Crippen molar-refractivity contribution in [2.45, 2.75) is 122 Å². The molecule has 0 aliphatic carbocycles. The molecule has 0 radical (unpaired) electrons. The third-order valence-electron chi connectivity index (χ3n) is 10.3. The van der Waals surface area contributed by atoms with Crippen molar-refractivity contribution in [1.82, 2.24) is 0 Å². The maximum absolute atomic E-state index is 13.7. The van der Waals surface area contributed by atoms with Crippen LogP contribution in [0.2, 0.25) is 0 Å². The van der Waals surface area contributed by atoms with E-state index in [4.69, 9.17) is 42.5 Å². The summed E-state index contributed by atoms with van der Waals surface area (Å²) in [6, 6.07) is 5.18. The molecule has 1 aromatic carbocycles. The van der Waals surface area contributed by atoms with Crippen molar-refractivity contribution < 1.29 is 61.8 Å². The number of rotatable bonds is 19. The number of benzene rings is 1.